The first-order valence-electron chi connectivity index (χ1n) is 4.33. The van der Waals surface area contributed by atoms with E-state index in [-0.39, 0.29) is 24.5 Å². The number of nitrogens with zero attached hydrogens (tertiary/aromatic N) is 1. The average molecular weight is 227 g/mol. The number of rotatable bonds is 6. The van der Waals surface area contributed by atoms with Crippen LogP contribution in [0, 0.1) is 10.1 Å². The van der Waals surface area contributed by atoms with E-state index in [4.69, 9.17) is 9.84 Å². The zero-order valence-electron chi connectivity index (χ0n) is 8.16. The third kappa shape index (κ3) is 3.45. The minimum absolute atomic E-state index is 0.00334. The van der Waals surface area contributed by atoms with Crippen LogP contribution in [-0.2, 0) is 4.84 Å². The average Bonchev–Trinajstić information content (AvgIpc) is 2.24. The van der Waals surface area contributed by atoms with Crippen molar-refractivity contribution in [2.75, 3.05) is 13.2 Å². The fraction of sp³-hybridized carbons (Fsp3) is 0.222. The predicted molar refractivity (Wildman–Crippen MR) is 51.8 cm³/mol. The Bertz CT molecular complexity index is 391. The highest BCUT2D eigenvalue weighted by atomic mass is 17.0. The summed E-state index contributed by atoms with van der Waals surface area (Å²) in [6, 6.07) is 6.02. The van der Waals surface area contributed by atoms with Crippen molar-refractivity contribution in [3.8, 4) is 5.75 Å². The minimum atomic E-state index is -1.12. The second-order valence-corrected chi connectivity index (χ2v) is 2.71. The van der Waals surface area contributed by atoms with Crippen molar-refractivity contribution < 1.29 is 24.6 Å². The van der Waals surface area contributed by atoms with Gasteiger partial charge in [0.25, 0.3) is 5.09 Å². The molecular formula is C9H9NO6. The van der Waals surface area contributed by atoms with E-state index in [0.717, 1.165) is 0 Å². The van der Waals surface area contributed by atoms with E-state index >= 15 is 0 Å². The van der Waals surface area contributed by atoms with E-state index in [1.165, 1.54) is 12.1 Å². The number of ether oxygens (including phenoxy) is 1. The van der Waals surface area contributed by atoms with Crippen molar-refractivity contribution in [2.24, 2.45) is 0 Å². The first-order chi connectivity index (χ1) is 7.61. The molecule has 1 rings (SSSR count). The molecule has 86 valence electrons. The number of para-hydroxylation sites is 1. The normalized spacial score (nSPS) is 9.50. The molecule has 0 saturated heterocycles. The van der Waals surface area contributed by atoms with E-state index in [1.807, 2.05) is 0 Å². The summed E-state index contributed by atoms with van der Waals surface area (Å²) < 4.78 is 5.04. The maximum absolute atomic E-state index is 10.7. The van der Waals surface area contributed by atoms with Gasteiger partial charge in [-0.05, 0) is 12.1 Å². The van der Waals surface area contributed by atoms with Crippen LogP contribution in [0.15, 0.2) is 24.3 Å². The second kappa shape index (κ2) is 5.54. The van der Waals surface area contributed by atoms with Gasteiger partial charge in [-0.2, -0.15) is 0 Å². The summed E-state index contributed by atoms with van der Waals surface area (Å²) in [5.74, 6) is -0.965. The van der Waals surface area contributed by atoms with Crippen LogP contribution < -0.4 is 4.74 Å². The molecule has 16 heavy (non-hydrogen) atoms. The van der Waals surface area contributed by atoms with Gasteiger partial charge in [0.05, 0.1) is 0 Å². The summed E-state index contributed by atoms with van der Waals surface area (Å²) in [6.07, 6.45) is 0. The highest BCUT2D eigenvalue weighted by Gasteiger charge is 2.09. The topological polar surface area (TPSA) is 98.9 Å². The number of hydrogen-bond donors (Lipinski definition) is 1. The van der Waals surface area contributed by atoms with Gasteiger partial charge in [0.2, 0.25) is 0 Å². The first-order valence-corrected chi connectivity index (χ1v) is 4.33. The third-order valence-electron chi connectivity index (χ3n) is 1.66. The van der Waals surface area contributed by atoms with Gasteiger partial charge < -0.3 is 14.7 Å². The van der Waals surface area contributed by atoms with Crippen molar-refractivity contribution in [3.05, 3.63) is 39.9 Å². The smallest absolute Gasteiger partial charge is 0.339 e. The zero-order valence-corrected chi connectivity index (χ0v) is 8.16. The molecule has 1 aromatic carbocycles. The Balaban J connectivity index is 2.53. The highest BCUT2D eigenvalue weighted by molar-refractivity contribution is 5.90. The third-order valence-corrected chi connectivity index (χ3v) is 1.66. The van der Waals surface area contributed by atoms with E-state index in [0.29, 0.717) is 0 Å². The molecular weight excluding hydrogens is 218 g/mol. The Labute approximate surface area is 90.3 Å². The summed E-state index contributed by atoms with van der Waals surface area (Å²) in [7, 11) is 0. The van der Waals surface area contributed by atoms with Crippen LogP contribution in [-0.4, -0.2) is 29.4 Å². The molecule has 0 amide bonds. The van der Waals surface area contributed by atoms with Crippen molar-refractivity contribution in [2.45, 2.75) is 0 Å². The molecule has 0 atom stereocenters. The van der Waals surface area contributed by atoms with Gasteiger partial charge in [0.15, 0.2) is 0 Å². The summed E-state index contributed by atoms with van der Waals surface area (Å²) in [6.45, 7) is -0.341. The molecule has 0 aromatic heterocycles. The van der Waals surface area contributed by atoms with Crippen LogP contribution in [0.5, 0.6) is 5.75 Å². The molecule has 7 heteroatoms. The number of carboxylic acids is 1. The number of carboxylic acid groups (broad SMARTS) is 1. The minimum Gasteiger partial charge on any atom is -0.491 e. The maximum atomic E-state index is 10.7. The molecule has 0 fully saturated rings. The molecule has 1 N–H and O–H groups in total. The molecule has 0 unspecified atom stereocenters. The number of benzene rings is 1. The largest absolute Gasteiger partial charge is 0.491 e. The molecule has 0 spiro atoms. The Morgan fingerprint density at radius 1 is 1.38 bits per heavy atom. The van der Waals surface area contributed by atoms with Gasteiger partial charge in [-0.15, -0.1) is 10.1 Å². The molecule has 0 radical (unpaired) electrons. The molecule has 0 aliphatic heterocycles. The molecule has 0 aliphatic rings. The lowest BCUT2D eigenvalue weighted by molar-refractivity contribution is -0.757. The standard InChI is InChI=1S/C9H9NO6/c11-9(12)7-3-1-2-4-8(7)15-5-6-16-10(13)14/h1-4H,5-6H2,(H,11,12). The van der Waals surface area contributed by atoms with E-state index in [1.54, 1.807) is 12.1 Å². The van der Waals surface area contributed by atoms with Gasteiger partial charge in [-0.25, -0.2) is 4.79 Å². The summed E-state index contributed by atoms with van der Waals surface area (Å²) in [5, 5.41) is 17.7. The van der Waals surface area contributed by atoms with E-state index in [2.05, 4.69) is 4.84 Å². The molecule has 7 nitrogen and oxygen atoms in total. The van der Waals surface area contributed by atoms with Crippen molar-refractivity contribution in [1.29, 1.82) is 0 Å². The van der Waals surface area contributed by atoms with Gasteiger partial charge in [0.1, 0.15) is 24.5 Å². The Kier molecular flexibility index (Phi) is 4.07. The molecule has 0 heterocycles. The van der Waals surface area contributed by atoms with Crippen molar-refractivity contribution in [3.63, 3.8) is 0 Å². The monoisotopic (exact) mass is 227 g/mol. The number of hydrogen-bond acceptors (Lipinski definition) is 5. The fourth-order valence-corrected chi connectivity index (χ4v) is 1.03. The van der Waals surface area contributed by atoms with Crippen LogP contribution in [0.2, 0.25) is 0 Å². The summed E-state index contributed by atoms with van der Waals surface area (Å²) in [5.41, 5.74) is 0.00334. The van der Waals surface area contributed by atoms with Crippen molar-refractivity contribution >= 4 is 5.97 Å². The lowest BCUT2D eigenvalue weighted by Crippen LogP contribution is -2.12. The van der Waals surface area contributed by atoms with Gasteiger partial charge in [-0.3, -0.25) is 0 Å². The highest BCUT2D eigenvalue weighted by Crippen LogP contribution is 2.17. The summed E-state index contributed by atoms with van der Waals surface area (Å²) >= 11 is 0. The van der Waals surface area contributed by atoms with E-state index in [9.17, 15) is 14.9 Å². The second-order valence-electron chi connectivity index (χ2n) is 2.71. The Morgan fingerprint density at radius 2 is 2.06 bits per heavy atom. The van der Waals surface area contributed by atoms with Gasteiger partial charge in [-0.1, -0.05) is 12.1 Å². The molecule has 1 aromatic rings. The first kappa shape index (κ1) is 11.8. The van der Waals surface area contributed by atoms with Crippen LogP contribution >= 0.6 is 0 Å². The fourth-order valence-electron chi connectivity index (χ4n) is 1.03. The van der Waals surface area contributed by atoms with Gasteiger partial charge in [0, 0.05) is 0 Å². The van der Waals surface area contributed by atoms with Crippen LogP contribution in [0.25, 0.3) is 0 Å². The van der Waals surface area contributed by atoms with Crippen LogP contribution in [0.3, 0.4) is 0 Å². The Hall–Kier alpha value is -2.31. The Morgan fingerprint density at radius 3 is 2.69 bits per heavy atom. The van der Waals surface area contributed by atoms with Gasteiger partial charge >= 0.3 is 5.97 Å². The lowest BCUT2D eigenvalue weighted by Gasteiger charge is -2.07. The maximum Gasteiger partial charge on any atom is 0.339 e. The molecule has 0 bridgehead atoms. The quantitative estimate of drug-likeness (QED) is 0.441. The SMILES string of the molecule is O=C(O)c1ccccc1OCCO[N+](=O)[O-]. The zero-order chi connectivity index (χ0) is 12.0. The molecule has 0 aliphatic carbocycles. The van der Waals surface area contributed by atoms with Crippen LogP contribution in [0.4, 0.5) is 0 Å². The predicted octanol–water partition coefficient (Wildman–Crippen LogP) is 0.972. The van der Waals surface area contributed by atoms with E-state index < -0.39 is 11.1 Å². The number of aromatic carboxylic acids is 1. The lowest BCUT2D eigenvalue weighted by atomic mass is 10.2. The molecule has 0 saturated carbocycles. The van der Waals surface area contributed by atoms with Crippen LogP contribution in [0.1, 0.15) is 10.4 Å². The summed E-state index contributed by atoms with van der Waals surface area (Å²) in [4.78, 5) is 24.6. The van der Waals surface area contributed by atoms with Crippen molar-refractivity contribution in [1.82, 2.24) is 0 Å². The number of carbonyl (C=O) groups is 1.